The minimum Gasteiger partial charge on any atom is -0.372 e. The largest absolute Gasteiger partial charge is 0.372 e. The number of hydrogen-bond acceptors (Lipinski definition) is 4. The summed E-state index contributed by atoms with van der Waals surface area (Å²) in [4.78, 5) is 14.7. The molecule has 28 heavy (non-hydrogen) atoms. The quantitative estimate of drug-likeness (QED) is 0.751. The number of carbonyl (C=O) groups is 1. The fourth-order valence-corrected chi connectivity index (χ4v) is 5.57. The van der Waals surface area contributed by atoms with Crippen LogP contribution in [0.4, 0.5) is 0 Å². The van der Waals surface area contributed by atoms with E-state index in [2.05, 4.69) is 0 Å². The highest BCUT2D eigenvalue weighted by Crippen LogP contribution is 2.21. The Morgan fingerprint density at radius 1 is 1.00 bits per heavy atom. The fourth-order valence-electron chi connectivity index (χ4n) is 4.05. The Morgan fingerprint density at radius 2 is 1.57 bits per heavy atom. The molecule has 1 aromatic carbocycles. The van der Waals surface area contributed by atoms with Crippen LogP contribution < -0.4 is 0 Å². The van der Waals surface area contributed by atoms with Crippen LogP contribution in [-0.2, 0) is 26.0 Å². The zero-order chi connectivity index (χ0) is 20.1. The Balaban J connectivity index is 1.57. The molecule has 1 aromatic rings. The molecule has 0 bridgehead atoms. The van der Waals surface area contributed by atoms with Crippen molar-refractivity contribution in [3.63, 3.8) is 0 Å². The Kier molecular flexibility index (Phi) is 7.12. The zero-order valence-electron chi connectivity index (χ0n) is 17.0. The lowest BCUT2D eigenvalue weighted by Gasteiger charge is -2.35. The Hall–Kier alpha value is -1.44. The van der Waals surface area contributed by atoms with Crippen LogP contribution in [0.1, 0.15) is 51.5 Å². The monoisotopic (exact) mass is 408 g/mol. The van der Waals surface area contributed by atoms with Crippen LogP contribution in [0.15, 0.2) is 29.2 Å². The van der Waals surface area contributed by atoms with E-state index in [0.717, 1.165) is 31.2 Å². The summed E-state index contributed by atoms with van der Waals surface area (Å²) in [7, 11) is -3.42. The van der Waals surface area contributed by atoms with Gasteiger partial charge in [-0.3, -0.25) is 4.79 Å². The Labute approximate surface area is 168 Å². The van der Waals surface area contributed by atoms with Gasteiger partial charge in [0.15, 0.2) is 0 Å². The van der Waals surface area contributed by atoms with Crippen LogP contribution >= 0.6 is 0 Å². The summed E-state index contributed by atoms with van der Waals surface area (Å²) >= 11 is 0. The van der Waals surface area contributed by atoms with Crippen molar-refractivity contribution in [2.24, 2.45) is 0 Å². The van der Waals surface area contributed by atoms with Crippen molar-refractivity contribution in [1.29, 1.82) is 0 Å². The first-order valence-corrected chi connectivity index (χ1v) is 11.8. The van der Waals surface area contributed by atoms with Gasteiger partial charge in [-0.25, -0.2) is 8.42 Å². The van der Waals surface area contributed by atoms with Gasteiger partial charge in [0.05, 0.1) is 17.1 Å². The normalized spacial score (nSPS) is 24.7. The van der Waals surface area contributed by atoms with Crippen molar-refractivity contribution in [1.82, 2.24) is 9.21 Å². The highest BCUT2D eigenvalue weighted by atomic mass is 32.2. The molecule has 0 aromatic heterocycles. The molecule has 3 rings (SSSR count). The van der Waals surface area contributed by atoms with Crippen LogP contribution in [0.5, 0.6) is 0 Å². The molecule has 2 saturated heterocycles. The van der Waals surface area contributed by atoms with E-state index in [9.17, 15) is 13.2 Å². The summed E-state index contributed by atoms with van der Waals surface area (Å²) in [5.41, 5.74) is 0.984. The molecular formula is C21H32N2O4S. The average molecular weight is 409 g/mol. The third kappa shape index (κ3) is 5.33. The van der Waals surface area contributed by atoms with E-state index in [0.29, 0.717) is 43.9 Å². The Morgan fingerprint density at radius 3 is 2.14 bits per heavy atom. The third-order valence-corrected chi connectivity index (χ3v) is 7.44. The topological polar surface area (TPSA) is 66.9 Å². The van der Waals surface area contributed by atoms with Crippen molar-refractivity contribution < 1.29 is 17.9 Å². The standard InChI is InChI=1S/C21H32N2O4S/c1-17-15-22(16-18(2)27-17)21(24)12-9-19-7-10-20(11-8-19)28(25,26)23-13-5-3-4-6-14-23/h7-8,10-11,17-18H,3-6,9,12-16H2,1-2H3. The lowest BCUT2D eigenvalue weighted by molar-refractivity contribution is -0.143. The van der Waals surface area contributed by atoms with Crippen molar-refractivity contribution in [2.45, 2.75) is 69.5 Å². The molecule has 2 unspecified atom stereocenters. The predicted octanol–water partition coefficient (Wildman–Crippen LogP) is 2.82. The molecule has 1 amide bonds. The maximum atomic E-state index is 12.8. The highest BCUT2D eigenvalue weighted by Gasteiger charge is 2.26. The number of aryl methyl sites for hydroxylation is 1. The van der Waals surface area contributed by atoms with Gasteiger partial charge in [-0.1, -0.05) is 25.0 Å². The summed E-state index contributed by atoms with van der Waals surface area (Å²) in [5, 5.41) is 0. The number of hydrogen-bond donors (Lipinski definition) is 0. The van der Waals surface area contributed by atoms with E-state index < -0.39 is 10.0 Å². The molecule has 2 aliphatic heterocycles. The minimum atomic E-state index is -3.42. The number of benzene rings is 1. The van der Waals surface area contributed by atoms with E-state index in [1.807, 2.05) is 30.9 Å². The van der Waals surface area contributed by atoms with Crippen LogP contribution in [0, 0.1) is 0 Å². The molecule has 0 saturated carbocycles. The van der Waals surface area contributed by atoms with Crippen LogP contribution in [0.3, 0.4) is 0 Å². The molecule has 0 N–H and O–H groups in total. The first-order chi connectivity index (χ1) is 13.4. The van der Waals surface area contributed by atoms with Crippen molar-refractivity contribution in [3.8, 4) is 0 Å². The van der Waals surface area contributed by atoms with E-state index in [-0.39, 0.29) is 18.1 Å². The molecular weight excluding hydrogens is 376 g/mol. The SMILES string of the molecule is CC1CN(C(=O)CCc2ccc(S(=O)(=O)N3CCCCCC3)cc2)CC(C)O1. The molecule has 2 heterocycles. The van der Waals surface area contributed by atoms with Gasteiger partial charge in [-0.05, 0) is 50.8 Å². The van der Waals surface area contributed by atoms with Gasteiger partial charge in [-0.15, -0.1) is 0 Å². The summed E-state index contributed by atoms with van der Waals surface area (Å²) < 4.78 is 33.0. The smallest absolute Gasteiger partial charge is 0.243 e. The zero-order valence-corrected chi connectivity index (χ0v) is 17.8. The molecule has 7 heteroatoms. The molecule has 0 spiro atoms. The summed E-state index contributed by atoms with van der Waals surface area (Å²) in [6.07, 6.45) is 5.23. The van der Waals surface area contributed by atoms with Gasteiger partial charge >= 0.3 is 0 Å². The van der Waals surface area contributed by atoms with Gasteiger partial charge < -0.3 is 9.64 Å². The first-order valence-electron chi connectivity index (χ1n) is 10.4. The highest BCUT2D eigenvalue weighted by molar-refractivity contribution is 7.89. The molecule has 2 fully saturated rings. The number of rotatable bonds is 5. The maximum absolute atomic E-state index is 12.8. The second-order valence-electron chi connectivity index (χ2n) is 8.02. The number of ether oxygens (including phenoxy) is 1. The van der Waals surface area contributed by atoms with Crippen LogP contribution in [-0.4, -0.2) is 61.9 Å². The van der Waals surface area contributed by atoms with Gasteiger partial charge in [-0.2, -0.15) is 4.31 Å². The number of carbonyl (C=O) groups excluding carboxylic acids is 1. The lowest BCUT2D eigenvalue weighted by atomic mass is 10.1. The van der Waals surface area contributed by atoms with E-state index in [1.165, 1.54) is 0 Å². The molecule has 2 aliphatic rings. The number of nitrogens with zero attached hydrogens (tertiary/aromatic N) is 2. The molecule has 156 valence electrons. The fraction of sp³-hybridized carbons (Fsp3) is 0.667. The van der Waals surface area contributed by atoms with Crippen LogP contribution in [0.2, 0.25) is 0 Å². The van der Waals surface area contributed by atoms with Gasteiger partial charge in [0, 0.05) is 32.6 Å². The van der Waals surface area contributed by atoms with Crippen molar-refractivity contribution in [2.75, 3.05) is 26.2 Å². The summed E-state index contributed by atoms with van der Waals surface area (Å²) in [5.74, 6) is 0.128. The van der Waals surface area contributed by atoms with E-state index in [4.69, 9.17) is 4.74 Å². The van der Waals surface area contributed by atoms with Crippen LogP contribution in [0.25, 0.3) is 0 Å². The van der Waals surface area contributed by atoms with E-state index in [1.54, 1.807) is 16.4 Å². The number of amides is 1. The second kappa shape index (κ2) is 9.37. The molecule has 2 atom stereocenters. The van der Waals surface area contributed by atoms with Gasteiger partial charge in [0.25, 0.3) is 0 Å². The van der Waals surface area contributed by atoms with Gasteiger partial charge in [0.1, 0.15) is 0 Å². The summed E-state index contributed by atoms with van der Waals surface area (Å²) in [6, 6.07) is 7.03. The third-order valence-electron chi connectivity index (χ3n) is 5.53. The molecule has 0 aliphatic carbocycles. The number of morpholine rings is 1. The van der Waals surface area contributed by atoms with E-state index >= 15 is 0 Å². The summed E-state index contributed by atoms with van der Waals surface area (Å²) in [6.45, 7) is 6.45. The molecule has 6 nitrogen and oxygen atoms in total. The maximum Gasteiger partial charge on any atom is 0.243 e. The number of sulfonamides is 1. The second-order valence-corrected chi connectivity index (χ2v) is 9.96. The lowest BCUT2D eigenvalue weighted by Crippen LogP contribution is -2.48. The first kappa shape index (κ1) is 21.3. The Bertz CT molecular complexity index is 745. The average Bonchev–Trinajstić information content (AvgIpc) is 2.96. The minimum absolute atomic E-state index is 0.0659. The van der Waals surface area contributed by atoms with Crippen molar-refractivity contribution >= 4 is 15.9 Å². The predicted molar refractivity (Wildman–Crippen MR) is 109 cm³/mol. The molecule has 0 radical (unpaired) electrons. The van der Waals surface area contributed by atoms with Crippen molar-refractivity contribution in [3.05, 3.63) is 29.8 Å². The van der Waals surface area contributed by atoms with Gasteiger partial charge in [0.2, 0.25) is 15.9 Å².